The predicted molar refractivity (Wildman–Crippen MR) is 171 cm³/mol. The maximum absolute atomic E-state index is 12.6. The monoisotopic (exact) mass is 697 g/mol. The van der Waals surface area contributed by atoms with Crippen molar-refractivity contribution in [2.75, 3.05) is 11.2 Å². The van der Waals surface area contributed by atoms with Crippen LogP contribution in [0.15, 0.2) is 128 Å². The van der Waals surface area contributed by atoms with Crippen LogP contribution in [-0.4, -0.2) is 37.4 Å². The zero-order valence-corrected chi connectivity index (χ0v) is 31.1. The molecule has 0 amide bonds. The number of anilines is 2. The normalized spacial score (nSPS) is 13.6. The fourth-order valence-electron chi connectivity index (χ4n) is 4.96. The molecule has 0 aromatic heterocycles. The molecule has 0 saturated carbocycles. The van der Waals surface area contributed by atoms with E-state index in [1.165, 1.54) is 24.3 Å². The van der Waals surface area contributed by atoms with Gasteiger partial charge in [-0.3, -0.25) is 10.2 Å². The first-order chi connectivity index (χ1) is 21.9. The van der Waals surface area contributed by atoms with E-state index in [9.17, 15) is 30.7 Å². The topological polar surface area (TPSA) is 207 Å². The second-order valence-electron chi connectivity index (χ2n) is 10.1. The van der Waals surface area contributed by atoms with Gasteiger partial charge in [0.15, 0.2) is 0 Å². The molecule has 5 aromatic rings. The Kier molecular flexibility index (Phi) is 11.6. The summed E-state index contributed by atoms with van der Waals surface area (Å²) in [6, 6.07) is 25.6. The molecular weight excluding hydrogens is 676 g/mol. The van der Waals surface area contributed by atoms with Gasteiger partial charge in [-0.15, -0.1) is 5.11 Å². The summed E-state index contributed by atoms with van der Waals surface area (Å²) in [5, 5.41) is 13.0. The Bertz CT molecular complexity index is 2360. The molecule has 230 valence electrons. The average molecular weight is 698 g/mol. The number of nitrogens with two attached hydrogens (primary N) is 1. The second-order valence-corrected chi connectivity index (χ2v) is 12.8. The number of benzene rings is 5. The van der Waals surface area contributed by atoms with Gasteiger partial charge in [0.05, 0.1) is 26.9 Å². The number of nitrogens with one attached hydrogen (secondary N) is 1. The van der Waals surface area contributed by atoms with E-state index < -0.39 is 35.8 Å². The molecule has 1 aliphatic rings. The first kappa shape index (κ1) is 37.3. The van der Waals surface area contributed by atoms with Crippen LogP contribution in [0, 0.1) is 0 Å². The number of hydrazone groups is 1. The van der Waals surface area contributed by atoms with Gasteiger partial charge in [0.2, 0.25) is 5.78 Å². The molecule has 0 spiro atoms. The third kappa shape index (κ3) is 7.84. The van der Waals surface area contributed by atoms with Gasteiger partial charge in [0.25, 0.3) is 0 Å². The summed E-state index contributed by atoms with van der Waals surface area (Å²) in [7, 11) is -9.65. The minimum atomic E-state index is -4.85. The predicted octanol–water partition coefficient (Wildman–Crippen LogP) is -0.267. The summed E-state index contributed by atoms with van der Waals surface area (Å²) >= 11 is 0. The molecule has 16 heteroatoms. The number of hydrogen-bond acceptors (Lipinski definition) is 12. The third-order valence-electron chi connectivity index (χ3n) is 7.16. The molecule has 0 unspecified atom stereocenters. The zero-order valence-electron chi connectivity index (χ0n) is 25.5. The van der Waals surface area contributed by atoms with E-state index in [0.29, 0.717) is 22.3 Å². The van der Waals surface area contributed by atoms with Gasteiger partial charge in [0, 0.05) is 16.3 Å². The van der Waals surface area contributed by atoms with E-state index in [0.717, 1.165) is 23.3 Å². The number of fused-ring (bicyclic) bond motifs is 2. The fraction of sp³-hybridized carbons (Fsp3) is 0. The van der Waals surface area contributed by atoms with E-state index in [1.54, 1.807) is 72.8 Å². The van der Waals surface area contributed by atoms with Gasteiger partial charge in [0.1, 0.15) is 31.6 Å². The van der Waals surface area contributed by atoms with E-state index in [1.807, 2.05) is 0 Å². The van der Waals surface area contributed by atoms with E-state index in [-0.39, 0.29) is 87.2 Å². The number of azo groups is 1. The van der Waals surface area contributed by atoms with Crippen molar-refractivity contribution in [2.24, 2.45) is 15.3 Å². The first-order valence-corrected chi connectivity index (χ1v) is 16.3. The molecule has 0 atom stereocenters. The fourth-order valence-corrected chi connectivity index (χ4v) is 6.37. The molecule has 0 saturated heterocycles. The minimum Gasteiger partial charge on any atom is -0.744 e. The molecule has 12 nitrogen and oxygen atoms in total. The van der Waals surface area contributed by atoms with Crippen molar-refractivity contribution in [3.05, 3.63) is 114 Å². The number of nitrogens with zero attached hydrogens (tertiary/aromatic N) is 3. The molecule has 0 aliphatic heterocycles. The summed E-state index contributed by atoms with van der Waals surface area (Å²) in [5.74, 6) is -0.552. The Morgan fingerprint density at radius 3 is 1.90 bits per heavy atom. The summed E-state index contributed by atoms with van der Waals surface area (Å²) in [4.78, 5) is 11.6. The molecule has 5 aromatic carbocycles. The van der Waals surface area contributed by atoms with Gasteiger partial charge >= 0.3 is 59.1 Å². The molecule has 0 radical (unpaired) electrons. The summed E-state index contributed by atoms with van der Waals surface area (Å²) in [5.41, 5.74) is 11.9. The molecule has 48 heavy (non-hydrogen) atoms. The van der Waals surface area contributed by atoms with Gasteiger partial charge in [-0.05, 0) is 59.2 Å². The molecule has 6 rings (SSSR count). The minimum absolute atomic E-state index is 0. The largest absolute Gasteiger partial charge is 1.00 e. The summed E-state index contributed by atoms with van der Waals surface area (Å²) in [6.45, 7) is 0. The Morgan fingerprint density at radius 2 is 1.27 bits per heavy atom. The van der Waals surface area contributed by atoms with Crippen LogP contribution in [0.2, 0.25) is 0 Å². The van der Waals surface area contributed by atoms with Gasteiger partial charge in [-0.2, -0.15) is 10.2 Å². The van der Waals surface area contributed by atoms with Crippen molar-refractivity contribution in [2.45, 2.75) is 9.79 Å². The number of allylic oxidation sites excluding steroid dienone is 1. The first-order valence-electron chi connectivity index (χ1n) is 13.4. The van der Waals surface area contributed by atoms with Crippen LogP contribution in [0.25, 0.3) is 28.0 Å². The molecule has 0 fully saturated rings. The number of ketones is 1. The third-order valence-corrected chi connectivity index (χ3v) is 8.92. The Morgan fingerprint density at radius 1 is 0.667 bits per heavy atom. The van der Waals surface area contributed by atoms with E-state index in [4.69, 9.17) is 5.73 Å². The summed E-state index contributed by atoms with van der Waals surface area (Å²) < 4.78 is 71.0. The molecule has 0 heterocycles. The van der Waals surface area contributed by atoms with Crippen LogP contribution in [0.1, 0.15) is 11.1 Å². The number of rotatable bonds is 7. The molecule has 0 bridgehead atoms. The standard InChI is InChI=1S/C32H23N5O7S2.2Na/c33-31-25-6-2-1-5-24(25)29(46(42,43)44)18-26(31)36-34-22-13-8-19(9-14-22)20-10-15-23(16-11-20)35-37-32-27(38)17-12-21-4-3-7-28(30(21)32)45(39,40)41;;/h1-18,35H,33H2,(H,39,40,41)(H,42,43,44);;/q;2*+1/p-2. The van der Waals surface area contributed by atoms with Gasteiger partial charge < -0.3 is 14.8 Å². The Balaban J connectivity index is 0.00000260. The zero-order chi connectivity index (χ0) is 32.6. The van der Waals surface area contributed by atoms with Crippen LogP contribution in [-0.2, 0) is 25.0 Å². The van der Waals surface area contributed by atoms with Crippen LogP contribution in [0.3, 0.4) is 0 Å². The molecule has 3 N–H and O–H groups in total. The average Bonchev–Trinajstić information content (AvgIpc) is 3.03. The van der Waals surface area contributed by atoms with Crippen molar-refractivity contribution in [3.8, 4) is 11.1 Å². The van der Waals surface area contributed by atoms with Crippen molar-refractivity contribution >= 4 is 71.3 Å². The van der Waals surface area contributed by atoms with E-state index >= 15 is 0 Å². The number of hydrogen-bond donors (Lipinski definition) is 2. The quantitative estimate of drug-likeness (QED) is 0.0754. The van der Waals surface area contributed by atoms with Crippen LogP contribution in [0.4, 0.5) is 22.7 Å². The van der Waals surface area contributed by atoms with Crippen LogP contribution < -0.4 is 70.3 Å². The maximum Gasteiger partial charge on any atom is 1.00 e. The number of nitrogen functional groups attached to an aromatic ring is 1. The Labute approximate surface area is 319 Å². The van der Waals surface area contributed by atoms with Gasteiger partial charge in [-0.1, -0.05) is 66.7 Å². The number of carbonyl (C=O) groups is 1. The van der Waals surface area contributed by atoms with E-state index in [2.05, 4.69) is 20.8 Å². The maximum atomic E-state index is 12.6. The molecule has 1 aliphatic carbocycles. The van der Waals surface area contributed by atoms with Crippen LogP contribution in [0.5, 0.6) is 0 Å². The molecular formula is C32H21N5Na2O7S2. The van der Waals surface area contributed by atoms with Crippen molar-refractivity contribution in [1.82, 2.24) is 0 Å². The van der Waals surface area contributed by atoms with Gasteiger partial charge in [-0.25, -0.2) is 16.8 Å². The smallest absolute Gasteiger partial charge is 0.744 e. The second kappa shape index (κ2) is 14.9. The van der Waals surface area contributed by atoms with Crippen molar-refractivity contribution in [1.29, 1.82) is 0 Å². The van der Waals surface area contributed by atoms with Crippen LogP contribution >= 0.6 is 0 Å². The SMILES string of the molecule is Nc1c(N=Nc2ccc(-c3ccc(NN=C4C(=O)C=Cc5cccc(S(=O)(=O)[O-])c54)cc3)cc2)cc(S(=O)(=O)[O-])c2ccccc12.[Na+].[Na+]. The Hall–Kier alpha value is -3.54. The summed E-state index contributed by atoms with van der Waals surface area (Å²) in [6.07, 6.45) is 2.68. The number of carbonyl (C=O) groups excluding carboxylic acids is 1. The van der Waals surface area contributed by atoms with Crippen molar-refractivity contribution in [3.63, 3.8) is 0 Å². The van der Waals surface area contributed by atoms with Crippen molar-refractivity contribution < 1.29 is 89.9 Å².